The summed E-state index contributed by atoms with van der Waals surface area (Å²) in [7, 11) is 1.45. The molecule has 0 aromatic heterocycles. The molecule has 2 aromatic rings. The summed E-state index contributed by atoms with van der Waals surface area (Å²) in [6.07, 6.45) is -0.558. The number of carbonyl (C=O) groups is 3. The minimum Gasteiger partial charge on any atom is -0.480 e. The highest BCUT2D eigenvalue weighted by molar-refractivity contribution is 6.04. The third kappa shape index (κ3) is 3.76. The number of nitrogens with one attached hydrogen (secondary N) is 1. The fraction of sp³-hybridized carbons (Fsp3) is 0.250. The van der Waals surface area contributed by atoms with Crippen LogP contribution in [0.25, 0.3) is 0 Å². The Hall–Kier alpha value is -3.35. The Bertz CT molecular complexity index is 881. The molecule has 2 unspecified atom stereocenters. The van der Waals surface area contributed by atoms with Gasteiger partial charge in [0.15, 0.2) is 11.9 Å². The zero-order chi connectivity index (χ0) is 19.6. The molecule has 0 spiro atoms. The maximum absolute atomic E-state index is 13.0. The van der Waals surface area contributed by atoms with Crippen molar-refractivity contribution >= 4 is 23.5 Å². The molecule has 2 amide bonds. The maximum Gasteiger partial charge on any atom is 0.326 e. The van der Waals surface area contributed by atoms with Crippen molar-refractivity contribution in [2.45, 2.75) is 25.5 Å². The number of anilines is 1. The van der Waals surface area contributed by atoms with E-state index < -0.39 is 24.0 Å². The third-order valence-electron chi connectivity index (χ3n) is 4.51. The molecular formula is C20H20N2O5. The molecule has 140 valence electrons. The molecule has 2 N–H and O–H groups in total. The van der Waals surface area contributed by atoms with Crippen LogP contribution >= 0.6 is 0 Å². The molecule has 7 heteroatoms. The molecule has 0 radical (unpaired) electrons. The van der Waals surface area contributed by atoms with Crippen molar-refractivity contribution in [2.75, 3.05) is 12.4 Å². The summed E-state index contributed by atoms with van der Waals surface area (Å²) in [5.74, 6) is -1.63. The number of hydrogen-bond donors (Lipinski definition) is 2. The van der Waals surface area contributed by atoms with Gasteiger partial charge in [-0.05, 0) is 24.6 Å². The van der Waals surface area contributed by atoms with Crippen LogP contribution in [0.4, 0.5) is 5.69 Å². The summed E-state index contributed by atoms with van der Waals surface area (Å²) in [5, 5.41) is 12.3. The SMILES string of the molecule is CC1Oc2c(cccc2C(=O)N(C)C(Cc2ccccc2)C(=O)O)NC1=O. The van der Waals surface area contributed by atoms with Crippen LogP contribution in [-0.4, -0.2) is 47.0 Å². The normalized spacial score (nSPS) is 16.5. The van der Waals surface area contributed by atoms with Crippen molar-refractivity contribution in [3.63, 3.8) is 0 Å². The number of nitrogens with zero attached hydrogens (tertiary/aromatic N) is 1. The van der Waals surface area contributed by atoms with E-state index in [9.17, 15) is 19.5 Å². The number of carboxylic acid groups (broad SMARTS) is 1. The standard InChI is InChI=1S/C20H20N2O5/c1-12-18(23)21-15-10-6-9-14(17(15)27-12)19(24)22(2)16(20(25)26)11-13-7-4-3-5-8-13/h3-10,12,16H,11H2,1-2H3,(H,21,23)(H,25,26). The number of carboxylic acids is 1. The van der Waals surface area contributed by atoms with Crippen LogP contribution in [0.3, 0.4) is 0 Å². The van der Waals surface area contributed by atoms with Gasteiger partial charge in [0.25, 0.3) is 11.8 Å². The van der Waals surface area contributed by atoms with Crippen LogP contribution in [0.2, 0.25) is 0 Å². The van der Waals surface area contributed by atoms with E-state index in [-0.39, 0.29) is 23.6 Å². The van der Waals surface area contributed by atoms with Gasteiger partial charge in [-0.25, -0.2) is 4.79 Å². The van der Waals surface area contributed by atoms with Crippen LogP contribution < -0.4 is 10.1 Å². The van der Waals surface area contributed by atoms with Gasteiger partial charge in [0, 0.05) is 13.5 Å². The van der Waals surface area contributed by atoms with E-state index in [1.54, 1.807) is 25.1 Å². The first-order valence-corrected chi connectivity index (χ1v) is 8.53. The molecule has 1 aliphatic rings. The number of amides is 2. The molecule has 27 heavy (non-hydrogen) atoms. The third-order valence-corrected chi connectivity index (χ3v) is 4.51. The van der Waals surface area contributed by atoms with E-state index in [0.29, 0.717) is 5.69 Å². The van der Waals surface area contributed by atoms with Crippen LogP contribution in [-0.2, 0) is 16.0 Å². The molecule has 0 bridgehead atoms. The van der Waals surface area contributed by atoms with Gasteiger partial charge in [-0.2, -0.15) is 0 Å². The molecule has 2 atom stereocenters. The molecule has 0 saturated carbocycles. The van der Waals surface area contributed by atoms with E-state index in [1.165, 1.54) is 11.9 Å². The largest absolute Gasteiger partial charge is 0.480 e. The Morgan fingerprint density at radius 1 is 1.19 bits per heavy atom. The summed E-state index contributed by atoms with van der Waals surface area (Å²) in [6.45, 7) is 1.58. The average Bonchev–Trinajstić information content (AvgIpc) is 2.66. The number of ether oxygens (including phenoxy) is 1. The first-order valence-electron chi connectivity index (χ1n) is 8.53. The average molecular weight is 368 g/mol. The Morgan fingerprint density at radius 2 is 1.89 bits per heavy atom. The van der Waals surface area contributed by atoms with Gasteiger partial charge in [0.1, 0.15) is 6.04 Å². The Kier molecular flexibility index (Phi) is 5.12. The van der Waals surface area contributed by atoms with Gasteiger partial charge >= 0.3 is 5.97 Å². The molecule has 7 nitrogen and oxygen atoms in total. The van der Waals surface area contributed by atoms with E-state index in [0.717, 1.165) is 5.56 Å². The number of hydrogen-bond acceptors (Lipinski definition) is 4. The van der Waals surface area contributed by atoms with Crippen molar-refractivity contribution < 1.29 is 24.2 Å². The minimum atomic E-state index is -1.10. The maximum atomic E-state index is 13.0. The van der Waals surface area contributed by atoms with E-state index in [2.05, 4.69) is 5.32 Å². The number of para-hydroxylation sites is 1. The van der Waals surface area contributed by atoms with E-state index >= 15 is 0 Å². The van der Waals surface area contributed by atoms with Crippen LogP contribution in [0.1, 0.15) is 22.8 Å². The summed E-state index contributed by atoms with van der Waals surface area (Å²) in [5.41, 5.74) is 1.42. The van der Waals surface area contributed by atoms with Crippen molar-refractivity contribution in [3.8, 4) is 5.75 Å². The Labute approximate surface area is 156 Å². The topological polar surface area (TPSA) is 95.9 Å². The second-order valence-electron chi connectivity index (χ2n) is 6.39. The lowest BCUT2D eigenvalue weighted by molar-refractivity contribution is -0.141. The molecule has 1 aliphatic heterocycles. The van der Waals surface area contributed by atoms with Gasteiger partial charge in [-0.3, -0.25) is 9.59 Å². The number of aliphatic carboxylic acids is 1. The monoisotopic (exact) mass is 368 g/mol. The number of likely N-dealkylation sites (N-methyl/N-ethyl adjacent to an activating group) is 1. The first kappa shape index (κ1) is 18.4. The molecule has 2 aromatic carbocycles. The van der Waals surface area contributed by atoms with Crippen molar-refractivity contribution in [3.05, 3.63) is 59.7 Å². The summed E-state index contributed by atoms with van der Waals surface area (Å²) in [6, 6.07) is 12.9. The number of fused-ring (bicyclic) bond motifs is 1. The summed E-state index contributed by atoms with van der Waals surface area (Å²) < 4.78 is 5.60. The predicted molar refractivity (Wildman–Crippen MR) is 98.8 cm³/mol. The van der Waals surface area contributed by atoms with Crippen LogP contribution in [0, 0.1) is 0 Å². The van der Waals surface area contributed by atoms with Gasteiger partial charge in [0.05, 0.1) is 11.3 Å². The van der Waals surface area contributed by atoms with Crippen molar-refractivity contribution in [1.29, 1.82) is 0 Å². The van der Waals surface area contributed by atoms with Crippen LogP contribution in [0.5, 0.6) is 5.75 Å². The zero-order valence-electron chi connectivity index (χ0n) is 15.0. The fourth-order valence-corrected chi connectivity index (χ4v) is 2.95. The predicted octanol–water partition coefficient (Wildman–Crippen LogP) is 2.17. The fourth-order valence-electron chi connectivity index (χ4n) is 2.95. The second kappa shape index (κ2) is 7.49. The molecule has 3 rings (SSSR count). The smallest absolute Gasteiger partial charge is 0.326 e. The number of rotatable bonds is 5. The molecule has 0 aliphatic carbocycles. The van der Waals surface area contributed by atoms with Crippen molar-refractivity contribution in [1.82, 2.24) is 4.90 Å². The highest BCUT2D eigenvalue weighted by atomic mass is 16.5. The first-order chi connectivity index (χ1) is 12.9. The number of carbonyl (C=O) groups excluding carboxylic acids is 2. The second-order valence-corrected chi connectivity index (χ2v) is 6.39. The van der Waals surface area contributed by atoms with E-state index in [1.807, 2.05) is 30.3 Å². The quantitative estimate of drug-likeness (QED) is 0.843. The molecular weight excluding hydrogens is 348 g/mol. The van der Waals surface area contributed by atoms with Gasteiger partial charge in [-0.1, -0.05) is 36.4 Å². The molecule has 0 fully saturated rings. The molecule has 0 saturated heterocycles. The lowest BCUT2D eigenvalue weighted by Gasteiger charge is -2.29. The van der Waals surface area contributed by atoms with Gasteiger partial charge in [-0.15, -0.1) is 0 Å². The van der Waals surface area contributed by atoms with Gasteiger partial charge in [0.2, 0.25) is 0 Å². The summed E-state index contributed by atoms with van der Waals surface area (Å²) in [4.78, 5) is 37.7. The minimum absolute atomic E-state index is 0.182. The summed E-state index contributed by atoms with van der Waals surface area (Å²) >= 11 is 0. The highest BCUT2D eigenvalue weighted by Crippen LogP contribution is 2.34. The lowest BCUT2D eigenvalue weighted by Crippen LogP contribution is -2.44. The zero-order valence-corrected chi connectivity index (χ0v) is 15.0. The molecule has 1 heterocycles. The Balaban J connectivity index is 1.89. The van der Waals surface area contributed by atoms with Gasteiger partial charge < -0.3 is 20.1 Å². The lowest BCUT2D eigenvalue weighted by atomic mass is 10.0. The van der Waals surface area contributed by atoms with E-state index in [4.69, 9.17) is 4.74 Å². The Morgan fingerprint density at radius 3 is 2.56 bits per heavy atom. The number of benzene rings is 2. The van der Waals surface area contributed by atoms with Crippen LogP contribution in [0.15, 0.2) is 48.5 Å². The highest BCUT2D eigenvalue weighted by Gasteiger charge is 2.32. The van der Waals surface area contributed by atoms with Crippen molar-refractivity contribution in [2.24, 2.45) is 0 Å².